The van der Waals surface area contributed by atoms with E-state index in [1.165, 1.54) is 0 Å². The summed E-state index contributed by atoms with van der Waals surface area (Å²) in [5.41, 5.74) is 0. The molecule has 1 aliphatic carbocycles. The average Bonchev–Trinajstić information content (AvgIpc) is 2.07. The Kier molecular flexibility index (Phi) is 7.01. The average molecular weight is 299 g/mol. The van der Waals surface area contributed by atoms with Crippen LogP contribution in [0, 0.1) is 0 Å². The number of hydrogen-bond acceptors (Lipinski definition) is 0. The van der Waals surface area contributed by atoms with Crippen molar-refractivity contribution in [3.05, 3.63) is 24.3 Å². The number of rotatable bonds is 0. The molecule has 5 heteroatoms. The molecule has 0 amide bonds. The van der Waals surface area contributed by atoms with Crippen LogP contribution in [-0.2, 0) is 15.5 Å². The SMILES string of the molecule is C1=CCC=C1.[Cl][Zr]([Cl])([Cl])[Cl]. The van der Waals surface area contributed by atoms with Gasteiger partial charge in [0.2, 0.25) is 0 Å². The van der Waals surface area contributed by atoms with E-state index in [4.69, 9.17) is 34.1 Å². The predicted octanol–water partition coefficient (Wildman–Crippen LogP) is 4.26. The van der Waals surface area contributed by atoms with Gasteiger partial charge >= 0.3 is 49.5 Å². The van der Waals surface area contributed by atoms with Gasteiger partial charge in [-0.3, -0.25) is 0 Å². The van der Waals surface area contributed by atoms with Gasteiger partial charge in [0.1, 0.15) is 0 Å². The molecular formula is C5H6Cl4Zr. The summed E-state index contributed by atoms with van der Waals surface area (Å²) >= 11 is -3.29. The molecule has 0 bridgehead atoms. The third kappa shape index (κ3) is 16.3. The minimum absolute atomic E-state index is 1.14. The molecule has 0 aromatic carbocycles. The van der Waals surface area contributed by atoms with E-state index >= 15 is 0 Å². The molecule has 0 heterocycles. The molecule has 0 aromatic rings. The van der Waals surface area contributed by atoms with Crippen molar-refractivity contribution in [2.75, 3.05) is 0 Å². The summed E-state index contributed by atoms with van der Waals surface area (Å²) in [7, 11) is 20.1. The van der Waals surface area contributed by atoms with Crippen molar-refractivity contribution in [3.8, 4) is 0 Å². The van der Waals surface area contributed by atoms with Crippen LogP contribution in [0.25, 0.3) is 0 Å². The van der Waals surface area contributed by atoms with Crippen LogP contribution < -0.4 is 0 Å². The van der Waals surface area contributed by atoms with E-state index in [9.17, 15) is 0 Å². The number of halogens is 4. The normalized spacial score (nSPS) is 14.8. The van der Waals surface area contributed by atoms with Gasteiger partial charge in [0.05, 0.1) is 0 Å². The Balaban J connectivity index is 0.000000162. The zero-order valence-electron chi connectivity index (χ0n) is 5.03. The van der Waals surface area contributed by atoms with Crippen molar-refractivity contribution in [2.24, 2.45) is 0 Å². The fourth-order valence-corrected chi connectivity index (χ4v) is 0.393. The van der Waals surface area contributed by atoms with Crippen molar-refractivity contribution in [1.82, 2.24) is 0 Å². The molecule has 1 rings (SSSR count). The Hall–Kier alpha value is 1.52. The zero-order valence-corrected chi connectivity index (χ0v) is 10.5. The summed E-state index contributed by atoms with van der Waals surface area (Å²) in [6.07, 6.45) is 9.50. The molecule has 0 unspecified atom stereocenters. The summed E-state index contributed by atoms with van der Waals surface area (Å²) in [6, 6.07) is 0. The van der Waals surface area contributed by atoms with Crippen LogP contribution in [0.15, 0.2) is 24.3 Å². The number of hydrogen-bond donors (Lipinski definition) is 0. The van der Waals surface area contributed by atoms with Gasteiger partial charge in [0, 0.05) is 0 Å². The second-order valence-electron chi connectivity index (χ2n) is 1.52. The van der Waals surface area contributed by atoms with Gasteiger partial charge in [0.25, 0.3) is 0 Å². The molecular weight excluding hydrogens is 293 g/mol. The second-order valence-corrected chi connectivity index (χ2v) is 23.9. The Morgan fingerprint density at radius 3 is 1.30 bits per heavy atom. The van der Waals surface area contributed by atoms with Crippen molar-refractivity contribution < 1.29 is 15.5 Å². The van der Waals surface area contributed by atoms with E-state index < -0.39 is 15.5 Å². The fraction of sp³-hybridized carbons (Fsp3) is 0.200. The maximum absolute atomic E-state index is 5.04. The van der Waals surface area contributed by atoms with Gasteiger partial charge in [-0.15, -0.1) is 0 Å². The van der Waals surface area contributed by atoms with Gasteiger partial charge in [-0.2, -0.15) is 0 Å². The van der Waals surface area contributed by atoms with Crippen LogP contribution in [0.2, 0.25) is 0 Å². The molecule has 0 N–H and O–H groups in total. The Morgan fingerprint density at radius 1 is 0.900 bits per heavy atom. The first-order valence-electron chi connectivity index (χ1n) is 2.57. The number of allylic oxidation sites excluding steroid dienone is 4. The van der Waals surface area contributed by atoms with Crippen molar-refractivity contribution in [2.45, 2.75) is 6.42 Å². The van der Waals surface area contributed by atoms with Crippen LogP contribution >= 0.6 is 34.1 Å². The van der Waals surface area contributed by atoms with Gasteiger partial charge in [-0.25, -0.2) is 0 Å². The van der Waals surface area contributed by atoms with E-state index in [0.717, 1.165) is 6.42 Å². The third-order valence-electron chi connectivity index (χ3n) is 0.655. The summed E-state index contributed by atoms with van der Waals surface area (Å²) in [5.74, 6) is 0. The fourth-order valence-electron chi connectivity index (χ4n) is 0.393. The molecule has 58 valence electrons. The molecule has 0 nitrogen and oxygen atoms in total. The monoisotopic (exact) mass is 296 g/mol. The maximum atomic E-state index is 5.04. The standard InChI is InChI=1S/C5H6.4ClH.Zr/c1-2-4-5-3-1;;;;;/h1-4H,5H2;4*1H;/q;;;;;+4/p-4. The van der Waals surface area contributed by atoms with Gasteiger partial charge < -0.3 is 0 Å². The van der Waals surface area contributed by atoms with E-state index in [-0.39, 0.29) is 0 Å². The predicted molar refractivity (Wildman–Crippen MR) is 46.3 cm³/mol. The van der Waals surface area contributed by atoms with E-state index in [2.05, 4.69) is 24.3 Å². The first-order chi connectivity index (χ1) is 4.50. The Morgan fingerprint density at radius 2 is 1.20 bits per heavy atom. The van der Waals surface area contributed by atoms with E-state index in [1.54, 1.807) is 0 Å². The molecule has 1 aliphatic rings. The first-order valence-corrected chi connectivity index (χ1v) is 15.2. The van der Waals surface area contributed by atoms with Gasteiger partial charge in [0.15, 0.2) is 0 Å². The Labute approximate surface area is 79.4 Å². The second kappa shape index (κ2) is 6.09. The van der Waals surface area contributed by atoms with E-state index in [0.29, 0.717) is 0 Å². The quantitative estimate of drug-likeness (QED) is 0.627. The summed E-state index contributed by atoms with van der Waals surface area (Å²) in [6.45, 7) is 0. The Bertz CT molecular complexity index is 119. The van der Waals surface area contributed by atoms with E-state index in [1.807, 2.05) is 0 Å². The first kappa shape index (κ1) is 11.5. The van der Waals surface area contributed by atoms with Crippen LogP contribution in [0.1, 0.15) is 6.42 Å². The van der Waals surface area contributed by atoms with Gasteiger partial charge in [-0.1, -0.05) is 24.3 Å². The molecule has 0 saturated carbocycles. The van der Waals surface area contributed by atoms with Crippen LogP contribution in [0.3, 0.4) is 0 Å². The summed E-state index contributed by atoms with van der Waals surface area (Å²) in [5, 5.41) is 0. The molecule has 0 aliphatic heterocycles. The molecule has 10 heavy (non-hydrogen) atoms. The topological polar surface area (TPSA) is 0 Å². The van der Waals surface area contributed by atoms with Crippen LogP contribution in [0.4, 0.5) is 0 Å². The molecule has 0 atom stereocenters. The van der Waals surface area contributed by atoms with Crippen LogP contribution in [-0.4, -0.2) is 0 Å². The van der Waals surface area contributed by atoms with Gasteiger partial charge in [-0.05, 0) is 6.42 Å². The third-order valence-corrected chi connectivity index (χ3v) is 0.655. The van der Waals surface area contributed by atoms with Crippen molar-refractivity contribution in [3.63, 3.8) is 0 Å². The summed E-state index contributed by atoms with van der Waals surface area (Å²) < 4.78 is 0. The zero-order chi connectivity index (χ0) is 8.04. The molecule has 0 spiro atoms. The molecule has 0 radical (unpaired) electrons. The molecule has 0 saturated heterocycles. The van der Waals surface area contributed by atoms with Crippen molar-refractivity contribution in [1.29, 1.82) is 0 Å². The summed E-state index contributed by atoms with van der Waals surface area (Å²) in [4.78, 5) is 0. The minimum atomic E-state index is -3.29. The van der Waals surface area contributed by atoms with Crippen molar-refractivity contribution >= 4 is 34.1 Å². The molecule has 0 aromatic heterocycles. The van der Waals surface area contributed by atoms with Crippen LogP contribution in [0.5, 0.6) is 0 Å². The molecule has 0 fully saturated rings.